The lowest BCUT2D eigenvalue weighted by atomic mass is 9.96. The van der Waals surface area contributed by atoms with Crippen molar-refractivity contribution in [2.24, 2.45) is 0 Å². The minimum atomic E-state index is -3.70. The molecule has 2 heterocycles. The van der Waals surface area contributed by atoms with Crippen LogP contribution in [0.3, 0.4) is 0 Å². The van der Waals surface area contributed by atoms with Crippen LogP contribution in [-0.4, -0.2) is 56.4 Å². The molecule has 3 aromatic carbocycles. The first-order valence-electron chi connectivity index (χ1n) is 13.1. The van der Waals surface area contributed by atoms with Crippen molar-refractivity contribution in [3.8, 4) is 0 Å². The number of piperazine rings is 1. The Bertz CT molecular complexity index is 1470. The quantitative estimate of drug-likeness (QED) is 0.363. The Balaban J connectivity index is 1.14. The largest absolute Gasteiger partial charge is 0.445 e. The molecular weight excluding hydrogens is 557 g/mol. The Morgan fingerprint density at radius 3 is 2.31 bits per heavy atom. The van der Waals surface area contributed by atoms with Crippen LogP contribution in [0.1, 0.15) is 41.5 Å². The second kappa shape index (κ2) is 10.7. The number of piperidine rings is 1. The van der Waals surface area contributed by atoms with Gasteiger partial charge in [-0.15, -0.1) is 0 Å². The SMILES string of the molecule is O=C(OCc1ccccc1)N1CCC2CC1c1cc(N3CCN(S(=O)(=O)c4cc(Cl)cc(Cl)c4)CC3)ccc12. The molecule has 1 aliphatic carbocycles. The molecule has 3 aromatic rings. The van der Waals surface area contributed by atoms with Crippen LogP contribution in [0.4, 0.5) is 10.5 Å². The number of carbonyl (C=O) groups excluding carboxylic acids is 1. The van der Waals surface area contributed by atoms with E-state index in [2.05, 4.69) is 23.1 Å². The summed E-state index contributed by atoms with van der Waals surface area (Å²) < 4.78 is 33.6. The van der Waals surface area contributed by atoms with E-state index in [1.165, 1.54) is 33.6 Å². The Morgan fingerprint density at radius 1 is 0.872 bits per heavy atom. The fourth-order valence-corrected chi connectivity index (χ4v) is 8.15. The summed E-state index contributed by atoms with van der Waals surface area (Å²) in [6, 6.07) is 20.6. The van der Waals surface area contributed by atoms with Gasteiger partial charge in [0, 0.05) is 48.5 Å². The number of likely N-dealkylation sites (tertiary alicyclic amines) is 1. The van der Waals surface area contributed by atoms with Crippen molar-refractivity contribution in [3.63, 3.8) is 0 Å². The van der Waals surface area contributed by atoms with E-state index in [9.17, 15) is 13.2 Å². The van der Waals surface area contributed by atoms with Crippen LogP contribution in [0.2, 0.25) is 10.0 Å². The summed E-state index contributed by atoms with van der Waals surface area (Å²) in [5.74, 6) is 0.448. The molecule has 2 aliphatic heterocycles. The number of amides is 1. The number of sulfonamides is 1. The van der Waals surface area contributed by atoms with Crippen LogP contribution < -0.4 is 4.90 Å². The van der Waals surface area contributed by atoms with Gasteiger partial charge in [-0.05, 0) is 65.8 Å². The smallest absolute Gasteiger partial charge is 0.410 e. The van der Waals surface area contributed by atoms with Crippen LogP contribution in [0, 0.1) is 0 Å². The third-order valence-electron chi connectivity index (χ3n) is 7.99. The normalized spacial score (nSPS) is 21.1. The molecule has 0 N–H and O–H groups in total. The maximum Gasteiger partial charge on any atom is 0.410 e. The predicted octanol–water partition coefficient (Wildman–Crippen LogP) is 6.08. The fraction of sp³-hybridized carbons (Fsp3) is 0.345. The zero-order valence-electron chi connectivity index (χ0n) is 21.3. The summed E-state index contributed by atoms with van der Waals surface area (Å²) in [4.78, 5) is 17.2. The second-order valence-corrected chi connectivity index (χ2v) is 13.1. The summed E-state index contributed by atoms with van der Waals surface area (Å²) in [6.45, 7) is 2.76. The molecule has 2 atom stereocenters. The third kappa shape index (κ3) is 5.23. The molecule has 0 radical (unpaired) electrons. The van der Waals surface area contributed by atoms with Crippen molar-refractivity contribution < 1.29 is 17.9 Å². The van der Waals surface area contributed by atoms with Crippen LogP contribution in [0.15, 0.2) is 71.6 Å². The number of rotatable bonds is 5. The first kappa shape index (κ1) is 26.4. The Hall–Kier alpha value is -2.78. The standard InChI is InChI=1S/C29H29Cl2N3O4S/c30-22-15-23(31)17-25(16-22)39(36,37)33-12-10-32(11-13-33)24-6-7-26-21-8-9-34(28(14-21)27(26)18-24)29(35)38-19-20-4-2-1-3-5-20/h1-7,15-18,21,28H,8-14,19H2. The molecule has 7 nitrogen and oxygen atoms in total. The molecule has 0 saturated carbocycles. The molecule has 10 heteroatoms. The molecule has 2 saturated heterocycles. The Labute approximate surface area is 238 Å². The highest BCUT2D eigenvalue weighted by Crippen LogP contribution is 2.50. The van der Waals surface area contributed by atoms with Crippen LogP contribution in [0.25, 0.3) is 0 Å². The molecule has 2 fully saturated rings. The topological polar surface area (TPSA) is 70.2 Å². The number of hydrogen-bond acceptors (Lipinski definition) is 5. The van der Waals surface area contributed by atoms with E-state index in [-0.39, 0.29) is 23.6 Å². The van der Waals surface area contributed by atoms with Gasteiger partial charge in [0.1, 0.15) is 6.61 Å². The lowest BCUT2D eigenvalue weighted by Crippen LogP contribution is -2.48. The highest BCUT2D eigenvalue weighted by atomic mass is 35.5. The van der Waals surface area contributed by atoms with Gasteiger partial charge in [0.25, 0.3) is 0 Å². The Kier molecular flexibility index (Phi) is 7.22. The van der Waals surface area contributed by atoms with E-state index >= 15 is 0 Å². The van der Waals surface area contributed by atoms with Crippen molar-refractivity contribution in [3.05, 3.63) is 93.5 Å². The predicted molar refractivity (Wildman–Crippen MR) is 152 cm³/mol. The molecule has 2 unspecified atom stereocenters. The molecule has 3 aliphatic rings. The summed E-state index contributed by atoms with van der Waals surface area (Å²) >= 11 is 12.1. The van der Waals surface area contributed by atoms with Crippen LogP contribution in [-0.2, 0) is 21.4 Å². The van der Waals surface area contributed by atoms with E-state index in [1.54, 1.807) is 0 Å². The molecule has 0 spiro atoms. The van der Waals surface area contributed by atoms with Gasteiger partial charge in [-0.1, -0.05) is 59.6 Å². The van der Waals surface area contributed by atoms with E-state index < -0.39 is 10.0 Å². The number of fused-ring (bicyclic) bond motifs is 5. The fourth-order valence-electron chi connectivity index (χ4n) is 6.00. The molecular formula is C29H29Cl2N3O4S. The van der Waals surface area contributed by atoms with Gasteiger partial charge in [0.05, 0.1) is 10.9 Å². The van der Waals surface area contributed by atoms with Gasteiger partial charge < -0.3 is 14.5 Å². The molecule has 204 valence electrons. The number of ether oxygens (including phenoxy) is 1. The van der Waals surface area contributed by atoms with E-state index in [1.807, 2.05) is 35.2 Å². The van der Waals surface area contributed by atoms with E-state index in [0.29, 0.717) is 48.7 Å². The summed E-state index contributed by atoms with van der Waals surface area (Å²) in [5.41, 5.74) is 4.49. The van der Waals surface area contributed by atoms with Gasteiger partial charge >= 0.3 is 6.09 Å². The van der Waals surface area contributed by atoms with Crippen molar-refractivity contribution in [1.29, 1.82) is 0 Å². The van der Waals surface area contributed by atoms with E-state index in [0.717, 1.165) is 24.1 Å². The summed E-state index contributed by atoms with van der Waals surface area (Å²) in [6.07, 6.45) is 1.56. The monoisotopic (exact) mass is 585 g/mol. The molecule has 1 amide bonds. The van der Waals surface area contributed by atoms with Gasteiger partial charge in [-0.3, -0.25) is 0 Å². The first-order valence-corrected chi connectivity index (χ1v) is 15.3. The maximum atomic E-state index is 13.2. The number of nitrogens with zero attached hydrogens (tertiary/aromatic N) is 3. The van der Waals surface area contributed by atoms with Crippen LogP contribution in [0.5, 0.6) is 0 Å². The Morgan fingerprint density at radius 2 is 1.59 bits per heavy atom. The van der Waals surface area contributed by atoms with Crippen molar-refractivity contribution in [1.82, 2.24) is 9.21 Å². The summed E-state index contributed by atoms with van der Waals surface area (Å²) in [7, 11) is -3.70. The maximum absolute atomic E-state index is 13.2. The minimum Gasteiger partial charge on any atom is -0.445 e. The van der Waals surface area contributed by atoms with Crippen molar-refractivity contribution in [2.45, 2.75) is 36.3 Å². The van der Waals surface area contributed by atoms with Crippen molar-refractivity contribution in [2.75, 3.05) is 37.6 Å². The molecule has 0 aromatic heterocycles. The van der Waals surface area contributed by atoms with Gasteiger partial charge in [-0.25, -0.2) is 13.2 Å². The zero-order chi connectivity index (χ0) is 27.1. The number of benzene rings is 3. The number of carbonyl (C=O) groups is 1. The second-order valence-electron chi connectivity index (χ2n) is 10.3. The van der Waals surface area contributed by atoms with Crippen molar-refractivity contribution >= 4 is 45.0 Å². The number of hydrogen-bond donors (Lipinski definition) is 0. The van der Waals surface area contributed by atoms with Gasteiger partial charge in [0.15, 0.2) is 0 Å². The molecule has 6 rings (SSSR count). The first-order chi connectivity index (χ1) is 18.8. The average Bonchev–Trinajstić information content (AvgIpc) is 3.22. The number of anilines is 1. The van der Waals surface area contributed by atoms with E-state index in [4.69, 9.17) is 27.9 Å². The van der Waals surface area contributed by atoms with Gasteiger partial charge in [0.2, 0.25) is 10.0 Å². The lowest BCUT2D eigenvalue weighted by Gasteiger charge is -2.36. The van der Waals surface area contributed by atoms with Crippen LogP contribution >= 0.6 is 23.2 Å². The average molecular weight is 587 g/mol. The highest BCUT2D eigenvalue weighted by Gasteiger charge is 2.42. The lowest BCUT2D eigenvalue weighted by molar-refractivity contribution is 0.0694. The minimum absolute atomic E-state index is 0.00350. The summed E-state index contributed by atoms with van der Waals surface area (Å²) in [5, 5.41) is 0.585. The molecule has 39 heavy (non-hydrogen) atoms. The number of halogens is 2. The third-order valence-corrected chi connectivity index (χ3v) is 10.3. The van der Waals surface area contributed by atoms with Gasteiger partial charge in [-0.2, -0.15) is 4.31 Å². The highest BCUT2D eigenvalue weighted by molar-refractivity contribution is 7.89. The zero-order valence-corrected chi connectivity index (χ0v) is 23.6. The molecule has 2 bridgehead atoms.